The van der Waals surface area contributed by atoms with Crippen LogP contribution in [0.3, 0.4) is 0 Å². The van der Waals surface area contributed by atoms with Crippen molar-refractivity contribution in [3.63, 3.8) is 0 Å². The highest BCUT2D eigenvalue weighted by Crippen LogP contribution is 2.11. The molecule has 0 spiro atoms. The molecule has 6 heteroatoms. The normalized spacial score (nSPS) is 20.2. The highest BCUT2D eigenvalue weighted by Gasteiger charge is 2.21. The smallest absolute Gasteiger partial charge is 0.213 e. The van der Waals surface area contributed by atoms with Crippen molar-refractivity contribution in [3.8, 4) is 0 Å². The van der Waals surface area contributed by atoms with Crippen molar-refractivity contribution in [2.24, 2.45) is 0 Å². The van der Waals surface area contributed by atoms with Gasteiger partial charge in [-0.2, -0.15) is 0 Å². The van der Waals surface area contributed by atoms with E-state index in [1.54, 1.807) is 0 Å². The largest absolute Gasteiger partial charge is 0.313 e. The van der Waals surface area contributed by atoms with Crippen LogP contribution in [0.25, 0.3) is 0 Å². The van der Waals surface area contributed by atoms with E-state index in [2.05, 4.69) is 26.0 Å². The third-order valence-electron chi connectivity index (χ3n) is 2.99. The Bertz CT molecular complexity index is 481. The molecule has 2 rings (SSSR count). The first-order valence-electron chi connectivity index (χ1n) is 6.00. The molecule has 0 radical (unpaired) electrons. The zero-order chi connectivity index (χ0) is 13.0. The SMILES string of the molecule is O=S(=O)(CC1CCCN1)NCc1ccc(Br)cc1. The van der Waals surface area contributed by atoms with Gasteiger partial charge in [0, 0.05) is 17.1 Å². The molecule has 1 aliphatic rings. The lowest BCUT2D eigenvalue weighted by Crippen LogP contribution is -2.36. The van der Waals surface area contributed by atoms with E-state index >= 15 is 0 Å². The van der Waals surface area contributed by atoms with E-state index in [-0.39, 0.29) is 11.8 Å². The first-order chi connectivity index (χ1) is 8.55. The van der Waals surface area contributed by atoms with E-state index in [9.17, 15) is 8.42 Å². The van der Waals surface area contributed by atoms with Crippen molar-refractivity contribution in [1.29, 1.82) is 0 Å². The number of benzene rings is 1. The van der Waals surface area contributed by atoms with Crippen molar-refractivity contribution >= 4 is 26.0 Å². The lowest BCUT2D eigenvalue weighted by atomic mass is 10.2. The molecule has 1 unspecified atom stereocenters. The van der Waals surface area contributed by atoms with Crippen molar-refractivity contribution in [1.82, 2.24) is 10.0 Å². The molecule has 2 N–H and O–H groups in total. The van der Waals surface area contributed by atoms with Gasteiger partial charge >= 0.3 is 0 Å². The van der Waals surface area contributed by atoms with E-state index in [0.29, 0.717) is 6.54 Å². The Hall–Kier alpha value is -0.430. The Morgan fingerprint density at radius 3 is 2.67 bits per heavy atom. The number of rotatable bonds is 5. The summed E-state index contributed by atoms with van der Waals surface area (Å²) in [7, 11) is -3.20. The van der Waals surface area contributed by atoms with Crippen LogP contribution in [0.5, 0.6) is 0 Å². The van der Waals surface area contributed by atoms with Crippen LogP contribution >= 0.6 is 15.9 Å². The van der Waals surface area contributed by atoms with Crippen molar-refractivity contribution in [3.05, 3.63) is 34.3 Å². The molecule has 1 saturated heterocycles. The van der Waals surface area contributed by atoms with Gasteiger partial charge in [-0.1, -0.05) is 28.1 Å². The Balaban J connectivity index is 1.86. The van der Waals surface area contributed by atoms with Crippen molar-refractivity contribution < 1.29 is 8.42 Å². The van der Waals surface area contributed by atoms with Gasteiger partial charge in [0.15, 0.2) is 0 Å². The maximum Gasteiger partial charge on any atom is 0.213 e. The van der Waals surface area contributed by atoms with E-state index < -0.39 is 10.0 Å². The zero-order valence-electron chi connectivity index (χ0n) is 10.0. The number of halogens is 1. The average molecular weight is 333 g/mol. The quantitative estimate of drug-likeness (QED) is 0.861. The summed E-state index contributed by atoms with van der Waals surface area (Å²) in [6, 6.07) is 7.72. The summed E-state index contributed by atoms with van der Waals surface area (Å²) in [5, 5.41) is 3.19. The Labute approximate surface area is 116 Å². The summed E-state index contributed by atoms with van der Waals surface area (Å²) in [6.45, 7) is 1.27. The third-order valence-corrected chi connectivity index (χ3v) is 4.95. The van der Waals surface area contributed by atoms with Crippen molar-refractivity contribution in [2.75, 3.05) is 12.3 Å². The summed E-state index contributed by atoms with van der Waals surface area (Å²) in [5.41, 5.74) is 0.959. The third kappa shape index (κ3) is 4.35. The number of sulfonamides is 1. The predicted octanol–water partition coefficient (Wildman–Crippen LogP) is 1.62. The van der Waals surface area contributed by atoms with E-state index in [1.807, 2.05) is 24.3 Å². The first-order valence-corrected chi connectivity index (χ1v) is 8.45. The second-order valence-corrected chi connectivity index (χ2v) is 7.29. The molecule has 0 amide bonds. The van der Waals surface area contributed by atoms with Gasteiger partial charge in [0.05, 0.1) is 5.75 Å². The van der Waals surface area contributed by atoms with Gasteiger partial charge in [0.1, 0.15) is 0 Å². The minimum absolute atomic E-state index is 0.104. The molecule has 18 heavy (non-hydrogen) atoms. The first kappa shape index (κ1) is 14.0. The minimum Gasteiger partial charge on any atom is -0.313 e. The molecular formula is C12H17BrN2O2S. The van der Waals surface area contributed by atoms with E-state index in [1.165, 1.54) is 0 Å². The molecule has 1 atom stereocenters. The van der Waals surface area contributed by atoms with Crippen LogP contribution in [0.2, 0.25) is 0 Å². The zero-order valence-corrected chi connectivity index (χ0v) is 12.4. The summed E-state index contributed by atoms with van der Waals surface area (Å²) in [6.07, 6.45) is 2.01. The number of hydrogen-bond donors (Lipinski definition) is 2. The lowest BCUT2D eigenvalue weighted by Gasteiger charge is -2.11. The fourth-order valence-corrected chi connectivity index (χ4v) is 3.60. The summed E-state index contributed by atoms with van der Waals surface area (Å²) >= 11 is 3.35. The van der Waals surface area contributed by atoms with Crippen LogP contribution in [0, 0.1) is 0 Å². The van der Waals surface area contributed by atoms with Gasteiger partial charge in [-0.15, -0.1) is 0 Å². The van der Waals surface area contributed by atoms with Crippen LogP contribution in [0.4, 0.5) is 0 Å². The Morgan fingerprint density at radius 2 is 2.06 bits per heavy atom. The van der Waals surface area contributed by atoms with Gasteiger partial charge in [-0.3, -0.25) is 0 Å². The second-order valence-electron chi connectivity index (χ2n) is 4.52. The lowest BCUT2D eigenvalue weighted by molar-refractivity contribution is 0.563. The molecule has 1 aliphatic heterocycles. The molecule has 4 nitrogen and oxygen atoms in total. The maximum absolute atomic E-state index is 11.9. The monoisotopic (exact) mass is 332 g/mol. The average Bonchev–Trinajstić information content (AvgIpc) is 2.80. The van der Waals surface area contributed by atoms with E-state index in [4.69, 9.17) is 0 Å². The topological polar surface area (TPSA) is 58.2 Å². The molecule has 1 heterocycles. The second kappa shape index (κ2) is 6.14. The van der Waals surface area contributed by atoms with Crippen LogP contribution in [-0.4, -0.2) is 26.8 Å². The molecule has 1 aromatic carbocycles. The van der Waals surface area contributed by atoms with Crippen LogP contribution in [-0.2, 0) is 16.6 Å². The highest BCUT2D eigenvalue weighted by atomic mass is 79.9. The van der Waals surface area contributed by atoms with Gasteiger partial charge in [0.25, 0.3) is 0 Å². The molecule has 100 valence electrons. The van der Waals surface area contributed by atoms with Crippen LogP contribution in [0.1, 0.15) is 18.4 Å². The Kier molecular flexibility index (Phi) is 4.77. The molecule has 0 aliphatic carbocycles. The highest BCUT2D eigenvalue weighted by molar-refractivity contribution is 9.10. The summed E-state index contributed by atoms with van der Waals surface area (Å²) < 4.78 is 27.4. The summed E-state index contributed by atoms with van der Waals surface area (Å²) in [5.74, 6) is 0.170. The van der Waals surface area contributed by atoms with Gasteiger partial charge in [-0.25, -0.2) is 13.1 Å². The molecular weight excluding hydrogens is 316 g/mol. The number of hydrogen-bond acceptors (Lipinski definition) is 3. The van der Waals surface area contributed by atoms with Gasteiger partial charge < -0.3 is 5.32 Å². The molecule has 0 bridgehead atoms. The standard InChI is InChI=1S/C12H17BrN2O2S/c13-11-5-3-10(4-6-11)8-15-18(16,17)9-12-2-1-7-14-12/h3-6,12,14-15H,1-2,7-9H2. The molecule has 1 aromatic rings. The molecule has 0 saturated carbocycles. The minimum atomic E-state index is -3.20. The van der Waals surface area contributed by atoms with Crippen molar-refractivity contribution in [2.45, 2.75) is 25.4 Å². The number of nitrogens with one attached hydrogen (secondary N) is 2. The fourth-order valence-electron chi connectivity index (χ4n) is 2.02. The fraction of sp³-hybridized carbons (Fsp3) is 0.500. The van der Waals surface area contributed by atoms with Crippen LogP contribution in [0.15, 0.2) is 28.7 Å². The summed E-state index contributed by atoms with van der Waals surface area (Å²) in [4.78, 5) is 0. The van der Waals surface area contributed by atoms with Gasteiger partial charge in [0.2, 0.25) is 10.0 Å². The van der Waals surface area contributed by atoms with Crippen LogP contribution < -0.4 is 10.0 Å². The van der Waals surface area contributed by atoms with E-state index in [0.717, 1.165) is 29.4 Å². The molecule has 1 fully saturated rings. The molecule has 0 aromatic heterocycles. The Morgan fingerprint density at radius 1 is 1.33 bits per heavy atom. The predicted molar refractivity (Wildman–Crippen MR) is 75.8 cm³/mol. The maximum atomic E-state index is 11.9. The van der Waals surface area contributed by atoms with Gasteiger partial charge in [-0.05, 0) is 37.1 Å².